The third-order valence-corrected chi connectivity index (χ3v) is 5.30. The first-order chi connectivity index (χ1) is 9.10. The van der Waals surface area contributed by atoms with Crippen LogP contribution in [0.4, 0.5) is 0 Å². The van der Waals surface area contributed by atoms with Gasteiger partial charge in [0.25, 0.3) is 0 Å². The van der Waals surface area contributed by atoms with E-state index in [4.69, 9.17) is 5.73 Å². The third kappa shape index (κ3) is 4.17. The first kappa shape index (κ1) is 15.3. The topological polar surface area (TPSA) is 32.5 Å². The molecule has 19 heavy (non-hydrogen) atoms. The molecule has 1 heterocycles. The molecule has 2 aliphatic rings. The van der Waals surface area contributed by atoms with Gasteiger partial charge in [-0.1, -0.05) is 13.3 Å². The van der Waals surface area contributed by atoms with Crippen LogP contribution in [0.15, 0.2) is 0 Å². The quantitative estimate of drug-likeness (QED) is 0.847. The van der Waals surface area contributed by atoms with Crippen LogP contribution in [0, 0.1) is 11.8 Å². The Morgan fingerprint density at radius 3 is 2.32 bits per heavy atom. The van der Waals surface area contributed by atoms with E-state index in [1.165, 1.54) is 58.2 Å². The van der Waals surface area contributed by atoms with Gasteiger partial charge < -0.3 is 10.6 Å². The lowest BCUT2D eigenvalue weighted by atomic mass is 9.79. The number of nitrogens with two attached hydrogens (primary N) is 1. The van der Waals surface area contributed by atoms with Crippen molar-refractivity contribution >= 4 is 0 Å². The van der Waals surface area contributed by atoms with Gasteiger partial charge in [0, 0.05) is 18.6 Å². The van der Waals surface area contributed by atoms with Crippen LogP contribution in [-0.2, 0) is 0 Å². The molecule has 3 unspecified atom stereocenters. The first-order valence-electron chi connectivity index (χ1n) is 8.24. The summed E-state index contributed by atoms with van der Waals surface area (Å²) in [5, 5.41) is 0. The van der Waals surface area contributed by atoms with E-state index in [2.05, 4.69) is 30.8 Å². The molecule has 1 saturated carbocycles. The number of nitrogens with zero attached hydrogens (tertiary/aromatic N) is 2. The summed E-state index contributed by atoms with van der Waals surface area (Å²) >= 11 is 0. The Hall–Kier alpha value is -0.120. The van der Waals surface area contributed by atoms with Crippen molar-refractivity contribution in [3.8, 4) is 0 Å². The van der Waals surface area contributed by atoms with Crippen molar-refractivity contribution in [1.82, 2.24) is 9.80 Å². The molecular formula is C16H33N3. The predicted octanol–water partition coefficient (Wildman–Crippen LogP) is 2.17. The molecule has 3 heteroatoms. The van der Waals surface area contributed by atoms with Gasteiger partial charge in [0.2, 0.25) is 0 Å². The monoisotopic (exact) mass is 267 g/mol. The lowest BCUT2D eigenvalue weighted by molar-refractivity contribution is 0.0698. The highest BCUT2D eigenvalue weighted by Gasteiger charge is 2.33. The second-order valence-electron chi connectivity index (χ2n) is 7.06. The van der Waals surface area contributed by atoms with Crippen LogP contribution in [0.3, 0.4) is 0 Å². The van der Waals surface area contributed by atoms with E-state index in [9.17, 15) is 0 Å². The van der Waals surface area contributed by atoms with Crippen molar-refractivity contribution < 1.29 is 0 Å². The molecule has 3 atom stereocenters. The molecule has 1 saturated heterocycles. The maximum Gasteiger partial charge on any atom is 0.0249 e. The van der Waals surface area contributed by atoms with Gasteiger partial charge in [0.15, 0.2) is 0 Å². The minimum absolute atomic E-state index is 0.424. The number of piperidine rings is 1. The molecule has 0 aromatic carbocycles. The summed E-state index contributed by atoms with van der Waals surface area (Å²) in [6.45, 7) is 6.13. The highest BCUT2D eigenvalue weighted by Crippen LogP contribution is 2.31. The molecule has 1 aliphatic heterocycles. The Bertz CT molecular complexity index is 259. The van der Waals surface area contributed by atoms with Gasteiger partial charge in [-0.25, -0.2) is 0 Å². The lowest BCUT2D eigenvalue weighted by Gasteiger charge is -2.44. The number of rotatable bonds is 4. The van der Waals surface area contributed by atoms with Crippen LogP contribution in [0.1, 0.15) is 45.4 Å². The van der Waals surface area contributed by atoms with E-state index in [1.807, 2.05) is 0 Å². The lowest BCUT2D eigenvalue weighted by Crippen LogP contribution is -2.53. The summed E-state index contributed by atoms with van der Waals surface area (Å²) in [5.74, 6) is 1.82. The smallest absolute Gasteiger partial charge is 0.0249 e. The van der Waals surface area contributed by atoms with Crippen LogP contribution in [0.25, 0.3) is 0 Å². The molecule has 2 N–H and O–H groups in total. The summed E-state index contributed by atoms with van der Waals surface area (Å²) in [7, 11) is 4.38. The third-order valence-electron chi connectivity index (χ3n) is 5.30. The molecule has 0 spiro atoms. The zero-order chi connectivity index (χ0) is 13.8. The Balaban J connectivity index is 1.82. The van der Waals surface area contributed by atoms with Crippen molar-refractivity contribution in [2.75, 3.05) is 33.7 Å². The zero-order valence-electron chi connectivity index (χ0n) is 13.1. The van der Waals surface area contributed by atoms with Gasteiger partial charge in [-0.3, -0.25) is 4.90 Å². The van der Waals surface area contributed by atoms with E-state index in [1.54, 1.807) is 0 Å². The summed E-state index contributed by atoms with van der Waals surface area (Å²) in [6, 6.07) is 1.09. The Morgan fingerprint density at radius 2 is 1.74 bits per heavy atom. The first-order valence-corrected chi connectivity index (χ1v) is 8.24. The SMILES string of the molecule is CCC1CCC(N)C(N2CCC(CN(C)C)CC2)C1. The molecule has 0 aromatic heterocycles. The molecule has 112 valence electrons. The van der Waals surface area contributed by atoms with E-state index in [0.29, 0.717) is 12.1 Å². The molecule has 2 rings (SSSR count). The average Bonchev–Trinajstić information content (AvgIpc) is 2.40. The minimum atomic E-state index is 0.424. The molecule has 0 aromatic rings. The van der Waals surface area contributed by atoms with Crippen LogP contribution in [-0.4, -0.2) is 55.6 Å². The molecule has 1 aliphatic carbocycles. The number of hydrogen-bond acceptors (Lipinski definition) is 3. The summed E-state index contributed by atoms with van der Waals surface area (Å²) < 4.78 is 0. The largest absolute Gasteiger partial charge is 0.326 e. The van der Waals surface area contributed by atoms with Crippen molar-refractivity contribution in [1.29, 1.82) is 0 Å². The highest BCUT2D eigenvalue weighted by atomic mass is 15.2. The molecule has 0 radical (unpaired) electrons. The van der Waals surface area contributed by atoms with Crippen LogP contribution in [0.5, 0.6) is 0 Å². The number of hydrogen-bond donors (Lipinski definition) is 1. The Morgan fingerprint density at radius 1 is 1.05 bits per heavy atom. The van der Waals surface area contributed by atoms with Crippen LogP contribution in [0.2, 0.25) is 0 Å². The maximum absolute atomic E-state index is 6.39. The second kappa shape index (κ2) is 7.05. The molecule has 0 amide bonds. The predicted molar refractivity (Wildman–Crippen MR) is 82.2 cm³/mol. The fourth-order valence-electron chi connectivity index (χ4n) is 4.03. The van der Waals surface area contributed by atoms with E-state index < -0.39 is 0 Å². The Kier molecular flexibility index (Phi) is 5.67. The standard InChI is InChI=1S/C16H33N3/c1-4-13-5-6-15(17)16(11-13)19-9-7-14(8-10-19)12-18(2)3/h13-16H,4-12,17H2,1-3H3. The van der Waals surface area contributed by atoms with E-state index in [-0.39, 0.29) is 0 Å². The number of likely N-dealkylation sites (tertiary alicyclic amines) is 1. The highest BCUT2D eigenvalue weighted by molar-refractivity contribution is 4.91. The van der Waals surface area contributed by atoms with Crippen molar-refractivity contribution in [3.63, 3.8) is 0 Å². The maximum atomic E-state index is 6.39. The zero-order valence-corrected chi connectivity index (χ0v) is 13.1. The fourth-order valence-corrected chi connectivity index (χ4v) is 4.03. The van der Waals surface area contributed by atoms with Gasteiger partial charge in [0.05, 0.1) is 0 Å². The van der Waals surface area contributed by atoms with E-state index >= 15 is 0 Å². The van der Waals surface area contributed by atoms with Gasteiger partial charge in [-0.2, -0.15) is 0 Å². The average molecular weight is 267 g/mol. The minimum Gasteiger partial charge on any atom is -0.326 e. The van der Waals surface area contributed by atoms with Gasteiger partial charge in [0.1, 0.15) is 0 Å². The van der Waals surface area contributed by atoms with Gasteiger partial charge in [-0.05, 0) is 71.1 Å². The fraction of sp³-hybridized carbons (Fsp3) is 1.00. The summed E-state index contributed by atoms with van der Waals surface area (Å²) in [4.78, 5) is 5.04. The normalized spacial score (nSPS) is 34.9. The van der Waals surface area contributed by atoms with Crippen molar-refractivity contribution in [3.05, 3.63) is 0 Å². The Labute approximate surface area is 119 Å². The molecule has 3 nitrogen and oxygen atoms in total. The van der Waals surface area contributed by atoms with Crippen molar-refractivity contribution in [2.45, 2.75) is 57.5 Å². The van der Waals surface area contributed by atoms with Crippen LogP contribution < -0.4 is 5.73 Å². The van der Waals surface area contributed by atoms with Crippen molar-refractivity contribution in [2.24, 2.45) is 17.6 Å². The molecule has 2 fully saturated rings. The second-order valence-corrected chi connectivity index (χ2v) is 7.06. The molecular weight excluding hydrogens is 234 g/mol. The van der Waals surface area contributed by atoms with Crippen LogP contribution >= 0.6 is 0 Å². The van der Waals surface area contributed by atoms with E-state index in [0.717, 1.165) is 11.8 Å². The summed E-state index contributed by atoms with van der Waals surface area (Å²) in [5.41, 5.74) is 6.39. The van der Waals surface area contributed by atoms with Gasteiger partial charge in [-0.15, -0.1) is 0 Å². The van der Waals surface area contributed by atoms with Gasteiger partial charge >= 0.3 is 0 Å². The summed E-state index contributed by atoms with van der Waals surface area (Å²) in [6.07, 6.45) is 7.98. The molecule has 0 bridgehead atoms.